The van der Waals surface area contributed by atoms with E-state index in [0.717, 1.165) is 42.1 Å². The number of methoxy groups -OCH3 is 1. The van der Waals surface area contributed by atoms with E-state index in [1.54, 1.807) is 7.11 Å². The van der Waals surface area contributed by atoms with Gasteiger partial charge in [0, 0.05) is 24.2 Å². The zero-order valence-corrected chi connectivity index (χ0v) is 14.5. The van der Waals surface area contributed by atoms with E-state index in [1.807, 2.05) is 24.3 Å². The van der Waals surface area contributed by atoms with Gasteiger partial charge in [-0.15, -0.1) is 0 Å². The molecule has 1 saturated carbocycles. The first-order valence-corrected chi connectivity index (χ1v) is 10.6. The summed E-state index contributed by atoms with van der Waals surface area (Å²) < 4.78 is 5.23. The van der Waals surface area contributed by atoms with Crippen molar-refractivity contribution in [1.82, 2.24) is 0 Å². The lowest BCUT2D eigenvalue weighted by Crippen LogP contribution is -2.22. The molecule has 22 heavy (non-hydrogen) atoms. The minimum atomic E-state index is -2.25. The van der Waals surface area contributed by atoms with E-state index in [1.165, 1.54) is 0 Å². The molecule has 0 aliphatic heterocycles. The lowest BCUT2D eigenvalue weighted by molar-refractivity contribution is -0.117. The second kappa shape index (κ2) is 6.17. The first-order valence-electron chi connectivity index (χ1n) is 7.76. The second-order valence-corrected chi connectivity index (χ2v) is 10.7. The maximum atomic E-state index is 12.4. The van der Waals surface area contributed by atoms with Gasteiger partial charge < -0.3 is 9.84 Å². The van der Waals surface area contributed by atoms with Crippen LogP contribution in [0.2, 0.25) is 0 Å². The van der Waals surface area contributed by atoms with Crippen molar-refractivity contribution in [3.63, 3.8) is 0 Å². The molecule has 0 saturated heterocycles. The molecule has 1 N–H and O–H groups in total. The molecule has 0 aromatic heterocycles. The lowest BCUT2D eigenvalue weighted by atomic mass is 10.3. The molecular formula is C17H21O3PS. The zero-order valence-electron chi connectivity index (χ0n) is 12.7. The molecule has 2 atom stereocenters. The number of ketones is 1. The maximum absolute atomic E-state index is 12.4. The number of ether oxygens (including phenoxy) is 1. The third kappa shape index (κ3) is 2.53. The number of aliphatic hydroxyl groups is 1. The normalized spacial score (nSPS) is 24.6. The third-order valence-electron chi connectivity index (χ3n) is 4.73. The van der Waals surface area contributed by atoms with E-state index in [0.29, 0.717) is 18.6 Å². The monoisotopic (exact) mass is 336 g/mol. The van der Waals surface area contributed by atoms with Crippen LogP contribution >= 0.6 is 6.04 Å². The predicted octanol–water partition coefficient (Wildman–Crippen LogP) is 3.88. The van der Waals surface area contributed by atoms with Gasteiger partial charge in [0.25, 0.3) is 0 Å². The fourth-order valence-corrected chi connectivity index (χ4v) is 8.91. The predicted molar refractivity (Wildman–Crippen MR) is 93.1 cm³/mol. The SMILES string of the molecule is COc1ccc(P(=S)(C2=C(O)CCC2)C2CCCC2=O)cc1. The van der Waals surface area contributed by atoms with Crippen molar-refractivity contribution in [2.75, 3.05) is 7.11 Å². The summed E-state index contributed by atoms with van der Waals surface area (Å²) in [5.74, 6) is 1.51. The molecule has 0 radical (unpaired) electrons. The van der Waals surface area contributed by atoms with E-state index >= 15 is 0 Å². The summed E-state index contributed by atoms with van der Waals surface area (Å²) >= 11 is 6.15. The van der Waals surface area contributed by atoms with Gasteiger partial charge in [-0.1, -0.05) is 11.8 Å². The van der Waals surface area contributed by atoms with Crippen molar-refractivity contribution < 1.29 is 14.6 Å². The average molecular weight is 336 g/mol. The summed E-state index contributed by atoms with van der Waals surface area (Å²) in [6, 6.07) is 5.54. The van der Waals surface area contributed by atoms with E-state index in [-0.39, 0.29) is 11.4 Å². The minimum Gasteiger partial charge on any atom is -0.512 e. The third-order valence-corrected chi connectivity index (χ3v) is 10.6. The van der Waals surface area contributed by atoms with Crippen molar-refractivity contribution in [3.8, 4) is 5.75 Å². The zero-order chi connectivity index (χ0) is 15.7. The van der Waals surface area contributed by atoms with Crippen LogP contribution in [-0.4, -0.2) is 23.7 Å². The number of allylic oxidation sites excluding steroid dienone is 2. The van der Waals surface area contributed by atoms with Crippen LogP contribution in [0, 0.1) is 0 Å². The molecule has 0 spiro atoms. The fraction of sp³-hybridized carbons (Fsp3) is 0.471. The smallest absolute Gasteiger partial charge is 0.141 e. The number of benzene rings is 1. The van der Waals surface area contributed by atoms with Gasteiger partial charge in [0.05, 0.1) is 18.5 Å². The van der Waals surface area contributed by atoms with Crippen LogP contribution in [0.3, 0.4) is 0 Å². The first kappa shape index (κ1) is 15.8. The second-order valence-electron chi connectivity index (χ2n) is 5.98. The average Bonchev–Trinajstić information content (AvgIpc) is 3.15. The van der Waals surface area contributed by atoms with Crippen molar-refractivity contribution >= 4 is 28.9 Å². The largest absolute Gasteiger partial charge is 0.512 e. The molecule has 3 rings (SSSR count). The molecule has 1 fully saturated rings. The van der Waals surface area contributed by atoms with Crippen LogP contribution in [0.1, 0.15) is 38.5 Å². The highest BCUT2D eigenvalue weighted by Gasteiger charge is 2.42. The maximum Gasteiger partial charge on any atom is 0.141 e. The number of hydrogen-bond acceptors (Lipinski definition) is 4. The van der Waals surface area contributed by atoms with Crippen LogP contribution in [0.15, 0.2) is 35.3 Å². The summed E-state index contributed by atoms with van der Waals surface area (Å²) in [7, 11) is 1.64. The van der Waals surface area contributed by atoms with Crippen LogP contribution < -0.4 is 10.0 Å². The number of carbonyl (C=O) groups is 1. The molecule has 0 heterocycles. The van der Waals surface area contributed by atoms with Crippen LogP contribution in [0.4, 0.5) is 0 Å². The standard InChI is InChI=1S/C17H21O3PS/c1-20-12-8-10-13(11-9-12)21(22,16-6-2-4-14(16)18)17-7-3-5-15(17)19/h8-11,16,19H,2-7H2,1H3. The highest BCUT2D eigenvalue weighted by atomic mass is 32.4. The van der Waals surface area contributed by atoms with Gasteiger partial charge >= 0.3 is 0 Å². The Kier molecular flexibility index (Phi) is 4.42. The molecule has 0 bridgehead atoms. The van der Waals surface area contributed by atoms with Gasteiger partial charge in [0.1, 0.15) is 11.5 Å². The Hall–Kier alpha value is -1.12. The van der Waals surface area contributed by atoms with Crippen LogP contribution in [-0.2, 0) is 16.6 Å². The van der Waals surface area contributed by atoms with Gasteiger partial charge in [0.15, 0.2) is 0 Å². The number of Topliss-reactive ketones (excluding diaryl/α,β-unsaturated/α-hetero) is 1. The molecule has 1 aromatic carbocycles. The highest BCUT2D eigenvalue weighted by molar-refractivity contribution is 8.21. The molecule has 0 amide bonds. The molecule has 5 heteroatoms. The minimum absolute atomic E-state index is 0.0915. The first-order chi connectivity index (χ1) is 10.6. The fourth-order valence-electron chi connectivity index (χ4n) is 3.58. The van der Waals surface area contributed by atoms with Gasteiger partial charge in [-0.2, -0.15) is 0 Å². The Balaban J connectivity index is 2.12. The Morgan fingerprint density at radius 2 is 1.91 bits per heavy atom. The van der Waals surface area contributed by atoms with E-state index < -0.39 is 6.04 Å². The van der Waals surface area contributed by atoms with Gasteiger partial charge in [-0.3, -0.25) is 4.79 Å². The number of hydrogen-bond donors (Lipinski definition) is 1. The molecule has 2 unspecified atom stereocenters. The molecule has 2 aliphatic carbocycles. The summed E-state index contributed by atoms with van der Waals surface area (Å²) in [6.07, 6.45) is 4.89. The Labute approximate surface area is 136 Å². The van der Waals surface area contributed by atoms with Gasteiger partial charge in [-0.25, -0.2) is 0 Å². The van der Waals surface area contributed by atoms with E-state index in [9.17, 15) is 9.90 Å². The Morgan fingerprint density at radius 1 is 1.18 bits per heavy atom. The van der Waals surface area contributed by atoms with Crippen molar-refractivity contribution in [1.29, 1.82) is 0 Å². The summed E-state index contributed by atoms with van der Waals surface area (Å²) in [4.78, 5) is 12.4. The highest BCUT2D eigenvalue weighted by Crippen LogP contribution is 2.64. The molecule has 118 valence electrons. The number of rotatable bonds is 4. The molecule has 3 nitrogen and oxygen atoms in total. The van der Waals surface area contributed by atoms with Crippen molar-refractivity contribution in [3.05, 3.63) is 35.3 Å². The van der Waals surface area contributed by atoms with Crippen molar-refractivity contribution in [2.45, 2.75) is 44.2 Å². The van der Waals surface area contributed by atoms with E-state index in [4.69, 9.17) is 16.5 Å². The lowest BCUT2D eigenvalue weighted by Gasteiger charge is -2.30. The van der Waals surface area contributed by atoms with E-state index in [2.05, 4.69) is 0 Å². The summed E-state index contributed by atoms with van der Waals surface area (Å²) in [5.41, 5.74) is -0.0915. The van der Waals surface area contributed by atoms with Crippen molar-refractivity contribution in [2.24, 2.45) is 0 Å². The van der Waals surface area contributed by atoms with Gasteiger partial charge in [0.2, 0.25) is 0 Å². The molecule has 2 aliphatic rings. The Morgan fingerprint density at radius 3 is 2.41 bits per heavy atom. The quantitative estimate of drug-likeness (QED) is 0.848. The Bertz CT molecular complexity index is 663. The topological polar surface area (TPSA) is 46.5 Å². The van der Waals surface area contributed by atoms with Crippen LogP contribution in [0.5, 0.6) is 5.75 Å². The number of carbonyl (C=O) groups excluding carboxylic acids is 1. The molecule has 1 aromatic rings. The summed E-state index contributed by atoms with van der Waals surface area (Å²) in [6.45, 7) is 0. The summed E-state index contributed by atoms with van der Waals surface area (Å²) in [5, 5.41) is 12.4. The van der Waals surface area contributed by atoms with Gasteiger partial charge in [-0.05, 0) is 55.3 Å². The molecular weight excluding hydrogens is 315 g/mol. The number of aliphatic hydroxyl groups excluding tert-OH is 1. The van der Waals surface area contributed by atoms with Crippen LogP contribution in [0.25, 0.3) is 0 Å².